The predicted octanol–water partition coefficient (Wildman–Crippen LogP) is -2.87. The van der Waals surface area contributed by atoms with Gasteiger partial charge in [-0.2, -0.15) is 0 Å². The minimum Gasteiger partial charge on any atom is -0.543 e. The van der Waals surface area contributed by atoms with Crippen LogP contribution in [0.15, 0.2) is 0 Å². The van der Waals surface area contributed by atoms with Crippen molar-refractivity contribution in [1.82, 2.24) is 4.98 Å². The van der Waals surface area contributed by atoms with E-state index in [1.54, 1.807) is 13.8 Å². The molecule has 54 valence electrons. The topological polar surface area (TPSA) is 53.0 Å². The van der Waals surface area contributed by atoms with E-state index in [-0.39, 0.29) is 24.6 Å². The molecule has 0 N–H and O–H groups in total. The van der Waals surface area contributed by atoms with E-state index in [4.69, 9.17) is 0 Å². The molecule has 0 aliphatic rings. The third-order valence-corrected chi connectivity index (χ3v) is 1.98. The van der Waals surface area contributed by atoms with Crippen LogP contribution in [0.2, 0.25) is 0 Å². The Kier molecular flexibility index (Phi) is 3.80. The van der Waals surface area contributed by atoms with Crippen molar-refractivity contribution in [3.63, 3.8) is 0 Å². The molecule has 0 aromatic carbocycles. The van der Waals surface area contributed by atoms with Gasteiger partial charge in [0.1, 0.15) is 0 Å². The molecule has 0 bridgehead atoms. The molecule has 0 aliphatic carbocycles. The fraction of sp³-hybridized carbons (Fsp3) is 0.333. The molecular weight excluding hydrogens is 157 g/mol. The standard InChI is InChI=1S/C6H7NO2S.Li/c1-3-5(6(8)9)7-4(2)10-3;/h1-2H3,(H,8,9);/q;+1/p-1. The number of hydrogen-bond acceptors (Lipinski definition) is 4. The first kappa shape index (κ1) is 10.7. The summed E-state index contributed by atoms with van der Waals surface area (Å²) in [5.41, 5.74) is 0.0718. The van der Waals surface area contributed by atoms with E-state index in [9.17, 15) is 9.90 Å². The SMILES string of the molecule is Cc1nc(C(=O)[O-])c(C)s1.[Li+]. The second-order valence-electron chi connectivity index (χ2n) is 1.93. The van der Waals surface area contributed by atoms with Gasteiger partial charge in [-0.05, 0) is 13.8 Å². The molecule has 1 aromatic heterocycles. The molecule has 11 heavy (non-hydrogen) atoms. The monoisotopic (exact) mass is 163 g/mol. The minimum atomic E-state index is -1.19. The second kappa shape index (κ2) is 3.91. The normalized spacial score (nSPS) is 8.91. The quantitative estimate of drug-likeness (QED) is 0.418. The van der Waals surface area contributed by atoms with Crippen LogP contribution in [-0.4, -0.2) is 11.0 Å². The number of aromatic nitrogens is 1. The van der Waals surface area contributed by atoms with Crippen molar-refractivity contribution in [3.05, 3.63) is 15.6 Å². The van der Waals surface area contributed by atoms with Crippen LogP contribution in [0.1, 0.15) is 20.4 Å². The van der Waals surface area contributed by atoms with Crippen molar-refractivity contribution in [2.45, 2.75) is 13.8 Å². The molecule has 0 saturated carbocycles. The Morgan fingerprint density at radius 3 is 2.27 bits per heavy atom. The number of aromatic carboxylic acids is 1. The fourth-order valence-electron chi connectivity index (χ4n) is 0.718. The van der Waals surface area contributed by atoms with Gasteiger partial charge in [0.05, 0.1) is 16.7 Å². The van der Waals surface area contributed by atoms with Crippen molar-refractivity contribution in [1.29, 1.82) is 0 Å². The summed E-state index contributed by atoms with van der Waals surface area (Å²) in [4.78, 5) is 14.7. The van der Waals surface area contributed by atoms with Gasteiger partial charge in [-0.1, -0.05) is 0 Å². The Hall–Kier alpha value is -0.303. The van der Waals surface area contributed by atoms with Gasteiger partial charge < -0.3 is 9.90 Å². The summed E-state index contributed by atoms with van der Waals surface area (Å²) in [5.74, 6) is -1.19. The molecule has 0 amide bonds. The summed E-state index contributed by atoms with van der Waals surface area (Å²) in [7, 11) is 0. The largest absolute Gasteiger partial charge is 1.00 e. The Morgan fingerprint density at radius 2 is 2.09 bits per heavy atom. The molecule has 1 rings (SSSR count). The summed E-state index contributed by atoms with van der Waals surface area (Å²) in [6.45, 7) is 3.49. The maximum atomic E-state index is 10.3. The fourth-order valence-corrected chi connectivity index (χ4v) is 1.52. The number of hydrogen-bond donors (Lipinski definition) is 0. The third kappa shape index (κ3) is 2.33. The maximum absolute atomic E-state index is 10.3. The number of thiazole rings is 1. The summed E-state index contributed by atoms with van der Waals surface area (Å²) >= 11 is 1.37. The Labute approximate surface area is 80.6 Å². The van der Waals surface area contributed by atoms with Crippen LogP contribution in [-0.2, 0) is 0 Å². The average Bonchev–Trinajstić information content (AvgIpc) is 2.10. The van der Waals surface area contributed by atoms with Gasteiger partial charge in [0.25, 0.3) is 0 Å². The third-order valence-electron chi connectivity index (χ3n) is 1.10. The number of carbonyl (C=O) groups excluding carboxylic acids is 1. The molecule has 1 heterocycles. The average molecular weight is 163 g/mol. The molecule has 0 fully saturated rings. The van der Waals surface area contributed by atoms with E-state index in [0.29, 0.717) is 4.88 Å². The van der Waals surface area contributed by atoms with E-state index in [1.165, 1.54) is 11.3 Å². The zero-order valence-electron chi connectivity index (χ0n) is 6.67. The number of aryl methyl sites for hydroxylation is 2. The van der Waals surface area contributed by atoms with Crippen molar-refractivity contribution in [3.8, 4) is 0 Å². The first-order chi connectivity index (χ1) is 4.61. The van der Waals surface area contributed by atoms with E-state index in [1.807, 2.05) is 0 Å². The van der Waals surface area contributed by atoms with Crippen LogP contribution in [0.5, 0.6) is 0 Å². The van der Waals surface area contributed by atoms with E-state index in [2.05, 4.69) is 4.98 Å². The molecular formula is C6H6LiNO2S. The van der Waals surface area contributed by atoms with Crippen molar-refractivity contribution < 1.29 is 28.8 Å². The molecule has 3 nitrogen and oxygen atoms in total. The Bertz CT molecular complexity index is 272. The number of nitrogens with zero attached hydrogens (tertiary/aromatic N) is 1. The molecule has 0 atom stereocenters. The molecule has 5 heteroatoms. The smallest absolute Gasteiger partial charge is 0.543 e. The van der Waals surface area contributed by atoms with Gasteiger partial charge >= 0.3 is 18.9 Å². The number of carbonyl (C=O) groups is 1. The number of rotatable bonds is 1. The van der Waals surface area contributed by atoms with Crippen molar-refractivity contribution in [2.24, 2.45) is 0 Å². The number of carboxylic acids is 1. The summed E-state index contributed by atoms with van der Waals surface area (Å²) in [6, 6.07) is 0. The van der Waals surface area contributed by atoms with Crippen molar-refractivity contribution in [2.75, 3.05) is 0 Å². The Morgan fingerprint density at radius 1 is 1.55 bits per heavy atom. The second-order valence-corrected chi connectivity index (χ2v) is 3.33. The summed E-state index contributed by atoms with van der Waals surface area (Å²) in [5, 5.41) is 11.0. The zero-order valence-corrected chi connectivity index (χ0v) is 7.49. The molecule has 0 spiro atoms. The van der Waals surface area contributed by atoms with E-state index < -0.39 is 5.97 Å². The van der Waals surface area contributed by atoms with E-state index in [0.717, 1.165) is 5.01 Å². The molecule has 0 unspecified atom stereocenters. The van der Waals surface area contributed by atoms with Crippen LogP contribution in [0, 0.1) is 13.8 Å². The van der Waals surface area contributed by atoms with Crippen LogP contribution < -0.4 is 24.0 Å². The van der Waals surface area contributed by atoms with Crippen LogP contribution in [0.3, 0.4) is 0 Å². The molecule has 0 saturated heterocycles. The summed E-state index contributed by atoms with van der Waals surface area (Å²) < 4.78 is 0. The van der Waals surface area contributed by atoms with Crippen LogP contribution >= 0.6 is 11.3 Å². The van der Waals surface area contributed by atoms with Gasteiger partial charge in [-0.3, -0.25) is 0 Å². The minimum absolute atomic E-state index is 0. The maximum Gasteiger partial charge on any atom is 1.00 e. The van der Waals surface area contributed by atoms with Gasteiger partial charge in [0.2, 0.25) is 0 Å². The van der Waals surface area contributed by atoms with Gasteiger partial charge in [0.15, 0.2) is 0 Å². The molecule has 0 aliphatic heterocycles. The first-order valence-electron chi connectivity index (χ1n) is 2.76. The predicted molar refractivity (Wildman–Crippen MR) is 35.9 cm³/mol. The van der Waals surface area contributed by atoms with E-state index >= 15 is 0 Å². The molecule has 0 radical (unpaired) electrons. The number of carboxylic acid groups (broad SMARTS) is 1. The molecule has 1 aromatic rings. The zero-order chi connectivity index (χ0) is 7.72. The first-order valence-corrected chi connectivity index (χ1v) is 3.58. The van der Waals surface area contributed by atoms with Crippen LogP contribution in [0.25, 0.3) is 0 Å². The summed E-state index contributed by atoms with van der Waals surface area (Å²) in [6.07, 6.45) is 0. The Balaban J connectivity index is 0.000001000. The van der Waals surface area contributed by atoms with Crippen molar-refractivity contribution >= 4 is 17.3 Å². The van der Waals surface area contributed by atoms with Gasteiger partial charge in [-0.15, -0.1) is 11.3 Å². The van der Waals surface area contributed by atoms with Gasteiger partial charge in [-0.25, -0.2) is 4.98 Å². The van der Waals surface area contributed by atoms with Gasteiger partial charge in [0, 0.05) is 4.88 Å². The van der Waals surface area contributed by atoms with Crippen LogP contribution in [0.4, 0.5) is 0 Å².